The van der Waals surface area contributed by atoms with Gasteiger partial charge in [0, 0.05) is 6.08 Å². The number of isocyanates is 1. The standard InChI is InChI=1S/C11H9NO3/c1-2-11(14)15-10-5-3-9(4-6-10)7-12-8-13/h2-6H,1,7H2. The molecule has 0 saturated carbocycles. The third-order valence-corrected chi connectivity index (χ3v) is 1.63. The van der Waals surface area contributed by atoms with Gasteiger partial charge in [0.2, 0.25) is 6.08 Å². The number of carbonyl (C=O) groups excluding carboxylic acids is 2. The van der Waals surface area contributed by atoms with Gasteiger partial charge in [0.05, 0.1) is 6.54 Å². The molecular formula is C11H9NO3. The minimum atomic E-state index is -0.506. The first-order chi connectivity index (χ1) is 7.26. The smallest absolute Gasteiger partial charge is 0.335 e. The predicted molar refractivity (Wildman–Crippen MR) is 54.1 cm³/mol. The molecule has 1 aromatic carbocycles. The van der Waals surface area contributed by atoms with E-state index in [4.69, 9.17) is 4.74 Å². The van der Waals surface area contributed by atoms with Gasteiger partial charge in [0.1, 0.15) is 5.75 Å². The monoisotopic (exact) mass is 203 g/mol. The van der Waals surface area contributed by atoms with Crippen molar-refractivity contribution in [2.45, 2.75) is 6.54 Å². The van der Waals surface area contributed by atoms with Gasteiger partial charge in [0.25, 0.3) is 0 Å². The van der Waals surface area contributed by atoms with E-state index >= 15 is 0 Å². The molecule has 0 unspecified atom stereocenters. The number of hydrogen-bond donors (Lipinski definition) is 0. The van der Waals surface area contributed by atoms with E-state index in [1.54, 1.807) is 24.3 Å². The summed E-state index contributed by atoms with van der Waals surface area (Å²) < 4.78 is 4.86. The largest absolute Gasteiger partial charge is 0.423 e. The number of carbonyl (C=O) groups is 1. The van der Waals surface area contributed by atoms with Crippen molar-refractivity contribution < 1.29 is 14.3 Å². The van der Waals surface area contributed by atoms with E-state index in [0.29, 0.717) is 5.75 Å². The number of aliphatic imine (C=N–C) groups is 1. The zero-order valence-corrected chi connectivity index (χ0v) is 7.97. The normalized spacial score (nSPS) is 8.80. The van der Waals surface area contributed by atoms with Crippen molar-refractivity contribution >= 4 is 12.0 Å². The Morgan fingerprint density at radius 2 is 2.13 bits per heavy atom. The van der Waals surface area contributed by atoms with Crippen molar-refractivity contribution in [2.75, 3.05) is 0 Å². The number of rotatable bonds is 4. The summed E-state index contributed by atoms with van der Waals surface area (Å²) in [6.45, 7) is 3.56. The summed E-state index contributed by atoms with van der Waals surface area (Å²) in [5.41, 5.74) is 0.844. The van der Waals surface area contributed by atoms with Gasteiger partial charge >= 0.3 is 5.97 Å². The van der Waals surface area contributed by atoms with Crippen molar-refractivity contribution in [3.8, 4) is 5.75 Å². The van der Waals surface area contributed by atoms with Gasteiger partial charge in [-0.15, -0.1) is 0 Å². The maximum absolute atomic E-state index is 10.8. The van der Waals surface area contributed by atoms with Crippen molar-refractivity contribution in [1.82, 2.24) is 0 Å². The third kappa shape index (κ3) is 3.58. The summed E-state index contributed by atoms with van der Waals surface area (Å²) in [5.74, 6) is -0.0765. The highest BCUT2D eigenvalue weighted by Crippen LogP contribution is 2.12. The van der Waals surface area contributed by atoms with E-state index in [1.807, 2.05) is 0 Å². The molecule has 0 spiro atoms. The van der Waals surface area contributed by atoms with Gasteiger partial charge < -0.3 is 4.74 Å². The molecule has 4 nitrogen and oxygen atoms in total. The number of esters is 1. The van der Waals surface area contributed by atoms with Crippen molar-refractivity contribution in [1.29, 1.82) is 0 Å². The molecule has 0 bridgehead atoms. The van der Waals surface area contributed by atoms with Gasteiger partial charge in [-0.3, -0.25) is 0 Å². The van der Waals surface area contributed by atoms with Crippen LogP contribution in [0.3, 0.4) is 0 Å². The topological polar surface area (TPSA) is 55.7 Å². The molecule has 1 rings (SSSR count). The summed E-state index contributed by atoms with van der Waals surface area (Å²) >= 11 is 0. The van der Waals surface area contributed by atoms with Crippen LogP contribution in [0.25, 0.3) is 0 Å². The van der Waals surface area contributed by atoms with Crippen LogP contribution in [0.2, 0.25) is 0 Å². The van der Waals surface area contributed by atoms with Gasteiger partial charge in [-0.2, -0.15) is 0 Å². The SMILES string of the molecule is C=CC(=O)Oc1ccc(CN=C=O)cc1. The first kappa shape index (κ1) is 10.9. The van der Waals surface area contributed by atoms with Gasteiger partial charge in [-0.1, -0.05) is 18.7 Å². The molecule has 0 radical (unpaired) electrons. The van der Waals surface area contributed by atoms with Gasteiger partial charge in [-0.25, -0.2) is 14.6 Å². The highest BCUT2D eigenvalue weighted by molar-refractivity contribution is 5.83. The summed E-state index contributed by atoms with van der Waals surface area (Å²) in [4.78, 5) is 24.1. The molecule has 0 aromatic heterocycles. The van der Waals surface area contributed by atoms with Crippen LogP contribution in [0.5, 0.6) is 5.75 Å². The minimum absolute atomic E-state index is 0.277. The first-order valence-corrected chi connectivity index (χ1v) is 4.23. The second-order valence-electron chi connectivity index (χ2n) is 2.68. The lowest BCUT2D eigenvalue weighted by Crippen LogP contribution is -2.02. The number of nitrogens with zero attached hydrogens (tertiary/aromatic N) is 1. The average Bonchev–Trinajstić information content (AvgIpc) is 2.28. The average molecular weight is 203 g/mol. The Morgan fingerprint density at radius 1 is 1.47 bits per heavy atom. The molecule has 0 aliphatic heterocycles. The number of hydrogen-bond acceptors (Lipinski definition) is 4. The zero-order valence-electron chi connectivity index (χ0n) is 7.97. The summed E-state index contributed by atoms with van der Waals surface area (Å²) in [6.07, 6.45) is 2.54. The molecule has 0 aliphatic carbocycles. The van der Waals surface area contributed by atoms with Crippen LogP contribution < -0.4 is 4.74 Å². The van der Waals surface area contributed by atoms with Crippen LogP contribution in [0, 0.1) is 0 Å². The van der Waals surface area contributed by atoms with E-state index in [2.05, 4.69) is 11.6 Å². The molecule has 0 heterocycles. The Morgan fingerprint density at radius 3 is 2.67 bits per heavy atom. The summed E-state index contributed by atoms with van der Waals surface area (Å²) in [7, 11) is 0. The Hall–Kier alpha value is -2.19. The molecule has 1 aromatic rings. The van der Waals surface area contributed by atoms with Crippen LogP contribution >= 0.6 is 0 Å². The van der Waals surface area contributed by atoms with Crippen LogP contribution in [0.1, 0.15) is 5.56 Å². The van der Waals surface area contributed by atoms with Gasteiger partial charge in [0.15, 0.2) is 0 Å². The molecule has 0 fully saturated rings. The molecule has 0 aliphatic rings. The highest BCUT2D eigenvalue weighted by atomic mass is 16.5. The van der Waals surface area contributed by atoms with Crippen molar-refractivity contribution in [3.63, 3.8) is 0 Å². The first-order valence-electron chi connectivity index (χ1n) is 4.23. The molecule has 0 N–H and O–H groups in total. The number of ether oxygens (including phenoxy) is 1. The maximum Gasteiger partial charge on any atom is 0.335 e. The van der Waals surface area contributed by atoms with Gasteiger partial charge in [-0.05, 0) is 17.7 Å². The highest BCUT2D eigenvalue weighted by Gasteiger charge is 1.99. The molecule has 76 valence electrons. The zero-order chi connectivity index (χ0) is 11.1. The lowest BCUT2D eigenvalue weighted by atomic mass is 10.2. The van der Waals surface area contributed by atoms with E-state index in [9.17, 15) is 9.59 Å². The molecule has 0 amide bonds. The molecule has 15 heavy (non-hydrogen) atoms. The predicted octanol–water partition coefficient (Wildman–Crippen LogP) is 1.61. The number of benzene rings is 1. The second-order valence-corrected chi connectivity index (χ2v) is 2.68. The molecule has 0 saturated heterocycles. The Labute approximate surface area is 86.9 Å². The van der Waals surface area contributed by atoms with Crippen LogP contribution in [-0.2, 0) is 16.1 Å². The maximum atomic E-state index is 10.8. The fourth-order valence-corrected chi connectivity index (χ4v) is 0.944. The lowest BCUT2D eigenvalue weighted by Gasteiger charge is -2.01. The van der Waals surface area contributed by atoms with Crippen molar-refractivity contribution in [2.24, 2.45) is 4.99 Å². The fraction of sp³-hybridized carbons (Fsp3) is 0.0909. The molecule has 0 atom stereocenters. The molecular weight excluding hydrogens is 194 g/mol. The third-order valence-electron chi connectivity index (χ3n) is 1.63. The molecule has 4 heteroatoms. The minimum Gasteiger partial charge on any atom is -0.423 e. The van der Waals surface area contributed by atoms with Crippen LogP contribution in [0.15, 0.2) is 41.9 Å². The van der Waals surface area contributed by atoms with Crippen molar-refractivity contribution in [3.05, 3.63) is 42.5 Å². The fourth-order valence-electron chi connectivity index (χ4n) is 0.944. The van der Waals surface area contributed by atoms with Crippen LogP contribution in [0.4, 0.5) is 0 Å². The Kier molecular flexibility index (Phi) is 4.01. The van der Waals surface area contributed by atoms with E-state index < -0.39 is 5.97 Å². The second kappa shape index (κ2) is 5.52. The van der Waals surface area contributed by atoms with E-state index in [1.165, 1.54) is 6.08 Å². The summed E-state index contributed by atoms with van der Waals surface area (Å²) in [6, 6.07) is 6.67. The lowest BCUT2D eigenvalue weighted by molar-refractivity contribution is -0.128. The van der Waals surface area contributed by atoms with Crippen LogP contribution in [-0.4, -0.2) is 12.0 Å². The quantitative estimate of drug-likeness (QED) is 0.245. The summed E-state index contributed by atoms with van der Waals surface area (Å²) in [5, 5.41) is 0. The Balaban J connectivity index is 2.67. The Bertz CT molecular complexity index is 402. The van der Waals surface area contributed by atoms with E-state index in [0.717, 1.165) is 11.6 Å². The van der Waals surface area contributed by atoms with E-state index in [-0.39, 0.29) is 6.54 Å².